The Labute approximate surface area is 140 Å². The largest absolute Gasteiger partial charge is 0.493 e. The highest BCUT2D eigenvalue weighted by Crippen LogP contribution is 2.32. The van der Waals surface area contributed by atoms with Crippen LogP contribution >= 0.6 is 0 Å². The number of carbonyl (C=O) groups excluding carboxylic acids is 1. The lowest BCUT2D eigenvalue weighted by atomic mass is 10.0. The molecule has 24 heavy (non-hydrogen) atoms. The molecular weight excluding hydrogens is 311 g/mol. The summed E-state index contributed by atoms with van der Waals surface area (Å²) in [5.41, 5.74) is 3.04. The topological polar surface area (TPSA) is 68.2 Å². The van der Waals surface area contributed by atoms with Crippen LogP contribution < -0.4 is 15.4 Å². The van der Waals surface area contributed by atoms with E-state index in [-0.39, 0.29) is 17.9 Å². The molecule has 0 radical (unpaired) electrons. The number of anilines is 1. The summed E-state index contributed by atoms with van der Waals surface area (Å²) in [6, 6.07) is 3.74. The van der Waals surface area contributed by atoms with Gasteiger partial charge in [-0.1, -0.05) is 0 Å². The number of aryl methyl sites for hydroxylation is 2. The van der Waals surface area contributed by atoms with Gasteiger partial charge in [0.25, 0.3) is 0 Å². The predicted octanol–water partition coefficient (Wildman–Crippen LogP) is 3.30. The van der Waals surface area contributed by atoms with E-state index in [0.29, 0.717) is 30.0 Å². The van der Waals surface area contributed by atoms with E-state index in [0.717, 1.165) is 17.9 Å². The molecule has 1 aromatic heterocycles. The van der Waals surface area contributed by atoms with E-state index in [1.54, 1.807) is 6.07 Å². The molecule has 0 saturated carbocycles. The number of carbonyl (C=O) groups is 1. The van der Waals surface area contributed by atoms with Crippen molar-refractivity contribution in [3.05, 3.63) is 41.0 Å². The summed E-state index contributed by atoms with van der Waals surface area (Å²) in [6.07, 6.45) is 0.593. The van der Waals surface area contributed by atoms with Gasteiger partial charge in [-0.05, 0) is 39.0 Å². The lowest BCUT2D eigenvalue weighted by Gasteiger charge is -2.26. The molecule has 0 saturated heterocycles. The highest BCUT2D eigenvalue weighted by Gasteiger charge is 2.24. The summed E-state index contributed by atoms with van der Waals surface area (Å²) in [7, 11) is 0. The highest BCUT2D eigenvalue weighted by atomic mass is 19.1. The summed E-state index contributed by atoms with van der Waals surface area (Å²) in [5.74, 6) is 0.265. The summed E-state index contributed by atoms with van der Waals surface area (Å²) in [6.45, 7) is 6.99. The Bertz CT molecular complexity index is 772. The van der Waals surface area contributed by atoms with E-state index in [1.165, 1.54) is 12.1 Å². The second kappa shape index (κ2) is 6.51. The molecule has 0 fully saturated rings. The average molecular weight is 332 g/mol. The fourth-order valence-electron chi connectivity index (χ4n) is 3.01. The third-order valence-corrected chi connectivity index (χ3v) is 4.24. The number of amides is 2. The van der Waals surface area contributed by atoms with Gasteiger partial charge in [0.1, 0.15) is 11.6 Å². The van der Waals surface area contributed by atoms with Gasteiger partial charge in [-0.2, -0.15) is 5.10 Å². The molecule has 3 rings (SSSR count). The number of urea groups is 1. The summed E-state index contributed by atoms with van der Waals surface area (Å²) < 4.78 is 20.9. The molecular formula is C17H21FN4O2. The molecule has 2 amide bonds. The zero-order chi connectivity index (χ0) is 17.3. The number of fused-ring (bicyclic) bond motifs is 1. The van der Waals surface area contributed by atoms with Gasteiger partial charge in [0.15, 0.2) is 0 Å². The van der Waals surface area contributed by atoms with Gasteiger partial charge in [0.2, 0.25) is 0 Å². The van der Waals surface area contributed by atoms with Crippen molar-refractivity contribution < 1.29 is 13.9 Å². The van der Waals surface area contributed by atoms with Crippen LogP contribution in [0.5, 0.6) is 5.75 Å². The van der Waals surface area contributed by atoms with Crippen molar-refractivity contribution in [2.45, 2.75) is 39.8 Å². The quantitative estimate of drug-likeness (QED) is 0.906. The van der Waals surface area contributed by atoms with Crippen LogP contribution in [0, 0.1) is 19.7 Å². The van der Waals surface area contributed by atoms with Crippen LogP contribution in [0.25, 0.3) is 0 Å². The summed E-state index contributed by atoms with van der Waals surface area (Å²) in [5, 5.41) is 10.1. The molecule has 1 atom stereocenters. The lowest BCUT2D eigenvalue weighted by Crippen LogP contribution is -2.35. The fraction of sp³-hybridized carbons (Fsp3) is 0.412. The van der Waals surface area contributed by atoms with Crippen LogP contribution in [0.2, 0.25) is 0 Å². The van der Waals surface area contributed by atoms with Crippen LogP contribution in [0.1, 0.15) is 36.3 Å². The van der Waals surface area contributed by atoms with E-state index >= 15 is 0 Å². The zero-order valence-electron chi connectivity index (χ0n) is 14.0. The minimum Gasteiger partial charge on any atom is -0.493 e. The van der Waals surface area contributed by atoms with E-state index in [2.05, 4.69) is 15.7 Å². The third-order valence-electron chi connectivity index (χ3n) is 4.24. The number of nitrogens with one attached hydrogen (secondary N) is 2. The van der Waals surface area contributed by atoms with Crippen molar-refractivity contribution >= 4 is 11.7 Å². The Hall–Kier alpha value is -2.57. The normalized spacial score (nSPS) is 16.2. The smallest absolute Gasteiger partial charge is 0.319 e. The van der Waals surface area contributed by atoms with Gasteiger partial charge >= 0.3 is 6.03 Å². The molecule has 2 N–H and O–H groups in total. The molecule has 0 bridgehead atoms. The SMILES string of the molecule is CCn1nc(C)c(NC(=O)NC2CCOc3ccc(F)cc32)c1C. The van der Waals surface area contributed by atoms with Crippen molar-refractivity contribution in [2.24, 2.45) is 0 Å². The minimum atomic E-state index is -0.345. The van der Waals surface area contributed by atoms with Gasteiger partial charge < -0.3 is 15.4 Å². The first-order valence-corrected chi connectivity index (χ1v) is 8.03. The number of halogens is 1. The van der Waals surface area contributed by atoms with Crippen molar-refractivity contribution in [2.75, 3.05) is 11.9 Å². The Morgan fingerprint density at radius 3 is 2.96 bits per heavy atom. The Kier molecular flexibility index (Phi) is 4.42. The predicted molar refractivity (Wildman–Crippen MR) is 88.8 cm³/mol. The number of benzene rings is 1. The number of nitrogens with zero attached hydrogens (tertiary/aromatic N) is 2. The Morgan fingerprint density at radius 2 is 2.25 bits per heavy atom. The highest BCUT2D eigenvalue weighted by molar-refractivity contribution is 5.90. The number of hydrogen-bond donors (Lipinski definition) is 2. The summed E-state index contributed by atoms with van der Waals surface area (Å²) >= 11 is 0. The van der Waals surface area contributed by atoms with Crippen LogP contribution in [0.3, 0.4) is 0 Å². The number of hydrogen-bond acceptors (Lipinski definition) is 3. The Morgan fingerprint density at radius 1 is 1.46 bits per heavy atom. The maximum atomic E-state index is 13.5. The van der Waals surface area contributed by atoms with Crippen LogP contribution in [0.15, 0.2) is 18.2 Å². The molecule has 1 aliphatic rings. The molecule has 1 aliphatic heterocycles. The maximum absolute atomic E-state index is 13.5. The molecule has 2 heterocycles. The number of aromatic nitrogens is 2. The van der Waals surface area contributed by atoms with Gasteiger partial charge in [0, 0.05) is 18.5 Å². The maximum Gasteiger partial charge on any atom is 0.319 e. The van der Waals surface area contributed by atoms with Gasteiger partial charge in [0.05, 0.1) is 29.7 Å². The lowest BCUT2D eigenvalue weighted by molar-refractivity contribution is 0.232. The minimum absolute atomic E-state index is 0.286. The average Bonchev–Trinajstić information content (AvgIpc) is 2.83. The van der Waals surface area contributed by atoms with E-state index in [9.17, 15) is 9.18 Å². The van der Waals surface area contributed by atoms with E-state index < -0.39 is 0 Å². The van der Waals surface area contributed by atoms with Gasteiger partial charge in [-0.25, -0.2) is 9.18 Å². The molecule has 128 valence electrons. The van der Waals surface area contributed by atoms with E-state index in [4.69, 9.17) is 4.74 Å². The first kappa shape index (κ1) is 16.3. The van der Waals surface area contributed by atoms with E-state index in [1.807, 2.05) is 25.5 Å². The van der Waals surface area contributed by atoms with Gasteiger partial charge in [-0.3, -0.25) is 4.68 Å². The van der Waals surface area contributed by atoms with Gasteiger partial charge in [-0.15, -0.1) is 0 Å². The van der Waals surface area contributed by atoms with Crippen molar-refractivity contribution in [3.8, 4) is 5.75 Å². The standard InChI is InChI=1S/C17H21FN4O2/c1-4-22-11(3)16(10(2)21-22)20-17(23)19-14-7-8-24-15-6-5-12(18)9-13(14)15/h5-6,9,14H,4,7-8H2,1-3H3,(H2,19,20,23). The molecule has 7 heteroatoms. The fourth-order valence-corrected chi connectivity index (χ4v) is 3.01. The molecule has 1 unspecified atom stereocenters. The molecule has 6 nitrogen and oxygen atoms in total. The van der Waals surface area contributed by atoms with Crippen molar-refractivity contribution in [1.29, 1.82) is 0 Å². The third kappa shape index (κ3) is 3.06. The second-order valence-electron chi connectivity index (χ2n) is 5.83. The first-order chi connectivity index (χ1) is 11.5. The van der Waals surface area contributed by atoms with Crippen LogP contribution in [-0.4, -0.2) is 22.4 Å². The van der Waals surface area contributed by atoms with Crippen molar-refractivity contribution in [3.63, 3.8) is 0 Å². The number of ether oxygens (including phenoxy) is 1. The molecule has 0 aliphatic carbocycles. The van der Waals surface area contributed by atoms with Crippen LogP contribution in [-0.2, 0) is 6.54 Å². The number of rotatable bonds is 3. The Balaban J connectivity index is 1.75. The molecule has 0 spiro atoms. The summed E-state index contributed by atoms with van der Waals surface area (Å²) in [4.78, 5) is 12.4. The zero-order valence-corrected chi connectivity index (χ0v) is 14.0. The van der Waals surface area contributed by atoms with Crippen LogP contribution in [0.4, 0.5) is 14.9 Å². The molecule has 1 aromatic carbocycles. The molecule has 2 aromatic rings. The second-order valence-corrected chi connectivity index (χ2v) is 5.83. The first-order valence-electron chi connectivity index (χ1n) is 8.03. The van der Waals surface area contributed by atoms with Crippen molar-refractivity contribution in [1.82, 2.24) is 15.1 Å². The monoisotopic (exact) mass is 332 g/mol.